The fraction of sp³-hybridized carbons (Fsp3) is 0.588. The molecule has 2 fully saturated rings. The summed E-state index contributed by atoms with van der Waals surface area (Å²) in [6, 6.07) is 8.04. The first kappa shape index (κ1) is 33.3. The molecule has 250 valence electrons. The number of pyridine rings is 1. The van der Waals surface area contributed by atoms with E-state index in [0.717, 1.165) is 55.7 Å². The van der Waals surface area contributed by atoms with Crippen LogP contribution in [-0.4, -0.2) is 99.4 Å². The second-order valence-corrected chi connectivity index (χ2v) is 13.7. The standard InChI is InChI=1S/C34H48N6O6/c1-22(41)38-14-10-26(11-15-38)36-30-18-24(19-31(37-30)39-12-6-5-7-13-39)32(44)35-20-29(43)28-17-23-8-9-27(42)16-25(23)21-40(28)33(45)46-34(2,3)4/h8-9,16,18-19,26,28-29,42-43H,5-7,10-15,17,20-21H2,1-4H3,(H,35,44)(H,36,37)/t28-,29+/m0/s1. The highest BCUT2D eigenvalue weighted by molar-refractivity contribution is 5.95. The predicted octanol–water partition coefficient (Wildman–Crippen LogP) is 3.65. The van der Waals surface area contributed by atoms with Crippen LogP contribution in [0.5, 0.6) is 5.75 Å². The molecule has 4 heterocycles. The third-order valence-corrected chi connectivity index (χ3v) is 8.95. The highest BCUT2D eigenvalue weighted by atomic mass is 16.6. The number of carbonyl (C=O) groups is 3. The summed E-state index contributed by atoms with van der Waals surface area (Å²) >= 11 is 0. The van der Waals surface area contributed by atoms with Gasteiger partial charge in [0, 0.05) is 57.8 Å². The zero-order chi connectivity index (χ0) is 33.0. The van der Waals surface area contributed by atoms with Crippen molar-refractivity contribution in [2.75, 3.05) is 42.9 Å². The molecule has 1 aromatic carbocycles. The molecular formula is C34H48N6O6. The topological polar surface area (TPSA) is 148 Å². The van der Waals surface area contributed by atoms with Gasteiger partial charge in [-0.05, 0) is 94.7 Å². The minimum absolute atomic E-state index is 0.0794. The van der Waals surface area contributed by atoms with Gasteiger partial charge in [0.2, 0.25) is 5.91 Å². The van der Waals surface area contributed by atoms with Gasteiger partial charge in [0.1, 0.15) is 23.0 Å². The van der Waals surface area contributed by atoms with Gasteiger partial charge in [-0.15, -0.1) is 0 Å². The number of likely N-dealkylation sites (tertiary alicyclic amines) is 1. The van der Waals surface area contributed by atoms with E-state index in [1.807, 2.05) is 4.90 Å². The number of rotatable bonds is 7. The number of aliphatic hydroxyl groups is 1. The van der Waals surface area contributed by atoms with Crippen molar-refractivity contribution < 1.29 is 29.3 Å². The SMILES string of the molecule is CC(=O)N1CCC(Nc2cc(C(=O)NC[C@@H](O)[C@@H]3Cc4ccc(O)cc4CN3C(=O)OC(C)(C)C)cc(N3CCCCC3)n2)CC1. The Balaban J connectivity index is 1.31. The fourth-order valence-corrected chi connectivity index (χ4v) is 6.45. The van der Waals surface area contributed by atoms with Crippen molar-refractivity contribution in [3.8, 4) is 5.75 Å². The largest absolute Gasteiger partial charge is 0.508 e. The second-order valence-electron chi connectivity index (χ2n) is 13.7. The van der Waals surface area contributed by atoms with Crippen LogP contribution >= 0.6 is 0 Å². The summed E-state index contributed by atoms with van der Waals surface area (Å²) in [5.41, 5.74) is 1.40. The number of fused-ring (bicyclic) bond motifs is 1. The normalized spacial score (nSPS) is 19.7. The molecule has 3 aliphatic rings. The number of piperidine rings is 2. The van der Waals surface area contributed by atoms with Gasteiger partial charge in [-0.25, -0.2) is 9.78 Å². The van der Waals surface area contributed by atoms with Crippen molar-refractivity contribution in [2.24, 2.45) is 0 Å². The van der Waals surface area contributed by atoms with E-state index in [9.17, 15) is 24.6 Å². The van der Waals surface area contributed by atoms with Crippen molar-refractivity contribution in [3.63, 3.8) is 0 Å². The van der Waals surface area contributed by atoms with Gasteiger partial charge in [0.05, 0.1) is 12.1 Å². The van der Waals surface area contributed by atoms with Gasteiger partial charge in [0.25, 0.3) is 5.91 Å². The van der Waals surface area contributed by atoms with E-state index < -0.39 is 23.8 Å². The molecule has 12 heteroatoms. The maximum absolute atomic E-state index is 13.6. The molecule has 0 unspecified atom stereocenters. The Morgan fingerprint density at radius 3 is 2.41 bits per heavy atom. The summed E-state index contributed by atoms with van der Waals surface area (Å²) in [7, 11) is 0. The van der Waals surface area contributed by atoms with Crippen molar-refractivity contribution in [3.05, 3.63) is 47.0 Å². The van der Waals surface area contributed by atoms with Crippen molar-refractivity contribution in [1.29, 1.82) is 0 Å². The number of ether oxygens (including phenoxy) is 1. The Morgan fingerprint density at radius 2 is 1.74 bits per heavy atom. The lowest BCUT2D eigenvalue weighted by Gasteiger charge is -2.40. The number of nitrogens with one attached hydrogen (secondary N) is 2. The average molecular weight is 637 g/mol. The number of aromatic nitrogens is 1. The highest BCUT2D eigenvalue weighted by Crippen LogP contribution is 2.30. The van der Waals surface area contributed by atoms with E-state index in [-0.39, 0.29) is 36.7 Å². The molecule has 2 aromatic rings. The monoisotopic (exact) mass is 636 g/mol. The Bertz CT molecular complexity index is 1410. The van der Waals surface area contributed by atoms with Crippen molar-refractivity contribution in [1.82, 2.24) is 20.1 Å². The van der Waals surface area contributed by atoms with E-state index >= 15 is 0 Å². The van der Waals surface area contributed by atoms with E-state index in [2.05, 4.69) is 15.5 Å². The summed E-state index contributed by atoms with van der Waals surface area (Å²) in [6.45, 7) is 10.1. The van der Waals surface area contributed by atoms with Crippen molar-refractivity contribution in [2.45, 2.75) is 96.6 Å². The minimum atomic E-state index is -1.08. The molecule has 2 saturated heterocycles. The molecule has 1 aromatic heterocycles. The van der Waals surface area contributed by atoms with E-state index in [4.69, 9.17) is 9.72 Å². The average Bonchev–Trinajstić information content (AvgIpc) is 3.02. The first-order chi connectivity index (χ1) is 21.9. The number of aliphatic hydroxyl groups excluding tert-OH is 1. The molecule has 5 rings (SSSR count). The number of hydrogen-bond donors (Lipinski definition) is 4. The molecule has 4 N–H and O–H groups in total. The molecular weight excluding hydrogens is 588 g/mol. The van der Waals surface area contributed by atoms with Gasteiger partial charge < -0.3 is 35.4 Å². The number of nitrogens with zero attached hydrogens (tertiary/aromatic N) is 4. The molecule has 3 aliphatic heterocycles. The molecule has 12 nitrogen and oxygen atoms in total. The van der Waals surface area contributed by atoms with Gasteiger partial charge in [-0.1, -0.05) is 6.07 Å². The lowest BCUT2D eigenvalue weighted by Crippen LogP contribution is -2.54. The van der Waals surface area contributed by atoms with Gasteiger partial charge in [-0.2, -0.15) is 0 Å². The van der Waals surface area contributed by atoms with Crippen LogP contribution in [0.2, 0.25) is 0 Å². The molecule has 2 atom stereocenters. The lowest BCUT2D eigenvalue weighted by molar-refractivity contribution is -0.129. The van der Waals surface area contributed by atoms with Crippen LogP contribution in [-0.2, 0) is 22.5 Å². The third-order valence-electron chi connectivity index (χ3n) is 8.95. The smallest absolute Gasteiger partial charge is 0.410 e. The summed E-state index contributed by atoms with van der Waals surface area (Å²) in [4.78, 5) is 49.0. The van der Waals surface area contributed by atoms with Crippen LogP contribution in [0.25, 0.3) is 0 Å². The van der Waals surface area contributed by atoms with Crippen molar-refractivity contribution >= 4 is 29.5 Å². The summed E-state index contributed by atoms with van der Waals surface area (Å²) < 4.78 is 5.65. The quantitative estimate of drug-likeness (QED) is 0.358. The predicted molar refractivity (Wildman–Crippen MR) is 175 cm³/mol. The van der Waals surface area contributed by atoms with Crippen LogP contribution in [0.4, 0.5) is 16.4 Å². The number of anilines is 2. The Labute approximate surface area is 271 Å². The van der Waals surface area contributed by atoms with Gasteiger partial charge in [-0.3, -0.25) is 14.5 Å². The van der Waals surface area contributed by atoms with Crippen LogP contribution in [0, 0.1) is 0 Å². The van der Waals surface area contributed by atoms with E-state index in [1.165, 1.54) is 11.3 Å². The minimum Gasteiger partial charge on any atom is -0.508 e. The number of phenolic OH excluding ortho intramolecular Hbond substituents is 1. The molecule has 0 bridgehead atoms. The van der Waals surface area contributed by atoms with E-state index in [1.54, 1.807) is 58.0 Å². The van der Waals surface area contributed by atoms with Crippen LogP contribution in [0.15, 0.2) is 30.3 Å². The number of aromatic hydroxyl groups is 1. The number of benzene rings is 1. The van der Waals surface area contributed by atoms with Gasteiger partial charge >= 0.3 is 6.09 Å². The second kappa shape index (κ2) is 14.1. The molecule has 0 spiro atoms. The highest BCUT2D eigenvalue weighted by Gasteiger charge is 2.37. The number of carbonyl (C=O) groups excluding carboxylic acids is 3. The van der Waals surface area contributed by atoms with E-state index in [0.29, 0.717) is 30.9 Å². The fourth-order valence-electron chi connectivity index (χ4n) is 6.45. The van der Waals surface area contributed by atoms with Crippen LogP contribution < -0.4 is 15.5 Å². The summed E-state index contributed by atoms with van der Waals surface area (Å²) in [6.07, 6.45) is 3.58. The lowest BCUT2D eigenvalue weighted by atomic mass is 9.91. The van der Waals surface area contributed by atoms with Gasteiger partial charge in [0.15, 0.2) is 0 Å². The first-order valence-electron chi connectivity index (χ1n) is 16.4. The number of phenols is 1. The maximum atomic E-state index is 13.6. The number of hydrogen-bond acceptors (Lipinski definition) is 9. The first-order valence-corrected chi connectivity index (χ1v) is 16.4. The zero-order valence-corrected chi connectivity index (χ0v) is 27.4. The van der Waals surface area contributed by atoms with Crippen LogP contribution in [0.1, 0.15) is 81.3 Å². The third kappa shape index (κ3) is 8.39. The number of amides is 3. The molecule has 3 amide bonds. The molecule has 46 heavy (non-hydrogen) atoms. The van der Waals surface area contributed by atoms with Crippen LogP contribution in [0.3, 0.4) is 0 Å². The maximum Gasteiger partial charge on any atom is 0.410 e. The summed E-state index contributed by atoms with van der Waals surface area (Å²) in [5.74, 6) is 1.18. The molecule has 0 saturated carbocycles. The Morgan fingerprint density at radius 1 is 1.02 bits per heavy atom. The molecule has 0 aliphatic carbocycles. The Hall–Kier alpha value is -4.06. The molecule has 0 radical (unpaired) electrons. The Kier molecular flexibility index (Phi) is 10.2. The zero-order valence-electron chi connectivity index (χ0n) is 27.4. The summed E-state index contributed by atoms with van der Waals surface area (Å²) in [5, 5.41) is 27.8.